The van der Waals surface area contributed by atoms with E-state index in [0.29, 0.717) is 13.0 Å². The maximum atomic E-state index is 11.2. The first kappa shape index (κ1) is 34.9. The minimum absolute atomic E-state index is 0.00315. The molecule has 0 saturated carbocycles. The van der Waals surface area contributed by atoms with Crippen molar-refractivity contribution < 1.29 is 22.1 Å². The number of methoxy groups -OCH3 is 1. The van der Waals surface area contributed by atoms with Crippen molar-refractivity contribution in [1.29, 1.82) is 0 Å². The van der Waals surface area contributed by atoms with E-state index in [4.69, 9.17) is 13.7 Å². The molecule has 6 nitrogen and oxygen atoms in total. The van der Waals surface area contributed by atoms with Crippen LogP contribution in [0, 0.1) is 0 Å². The topological polar surface area (TPSA) is 65.1 Å². The molecule has 0 radical (unpaired) electrons. The van der Waals surface area contributed by atoms with Gasteiger partial charge in [0.05, 0.1) is 32.7 Å². The van der Waals surface area contributed by atoms with Gasteiger partial charge >= 0.3 is 0 Å². The van der Waals surface area contributed by atoms with Crippen molar-refractivity contribution in [2.24, 2.45) is 0 Å². The summed E-state index contributed by atoms with van der Waals surface area (Å²) in [5, 5.41) is 0. The van der Waals surface area contributed by atoms with Gasteiger partial charge in [0.1, 0.15) is 5.75 Å². The number of hydrogen-bond donors (Lipinski definition) is 0. The van der Waals surface area contributed by atoms with Crippen LogP contribution in [0.5, 0.6) is 5.75 Å². The number of unbranched alkanes of at least 4 members (excludes halogenated alkanes) is 8. The normalized spacial score (nSPS) is 12.3. The van der Waals surface area contributed by atoms with Gasteiger partial charge in [0.2, 0.25) is 0 Å². The van der Waals surface area contributed by atoms with Crippen LogP contribution >= 0.6 is 0 Å². The predicted octanol–water partition coefficient (Wildman–Crippen LogP) is 7.22. The van der Waals surface area contributed by atoms with Crippen LogP contribution in [0.2, 0.25) is 0 Å². The molecule has 0 aliphatic rings. The zero-order valence-corrected chi connectivity index (χ0v) is 24.9. The molecular formula is C29H55NO5S. The third-order valence-electron chi connectivity index (χ3n) is 6.35. The van der Waals surface area contributed by atoms with Crippen molar-refractivity contribution in [3.63, 3.8) is 0 Å². The molecule has 0 spiro atoms. The first-order valence-electron chi connectivity index (χ1n) is 14.1. The van der Waals surface area contributed by atoms with E-state index in [-0.39, 0.29) is 12.7 Å². The highest BCUT2D eigenvalue weighted by molar-refractivity contribution is 7.85. The van der Waals surface area contributed by atoms with Crippen molar-refractivity contribution >= 4 is 10.1 Å². The summed E-state index contributed by atoms with van der Waals surface area (Å²) in [5.74, 6) is 0.821. The van der Waals surface area contributed by atoms with Crippen LogP contribution in [0.1, 0.15) is 104 Å². The second kappa shape index (κ2) is 23.0. The fourth-order valence-electron chi connectivity index (χ4n) is 3.93. The SMILES string of the molecule is CCCCCCCCCCC[C@H](CCOS(C)(=O)=O)OCc1ccc(OC)cc1.CCN(CC)CC. The number of hydrogen-bond acceptors (Lipinski definition) is 6. The molecule has 1 aromatic rings. The molecule has 0 bridgehead atoms. The summed E-state index contributed by atoms with van der Waals surface area (Å²) in [5.41, 5.74) is 1.08. The van der Waals surface area contributed by atoms with Gasteiger partial charge in [-0.15, -0.1) is 0 Å². The van der Waals surface area contributed by atoms with E-state index in [1.165, 1.54) is 71.0 Å². The smallest absolute Gasteiger partial charge is 0.264 e. The fraction of sp³-hybridized carbons (Fsp3) is 0.793. The Morgan fingerprint density at radius 1 is 0.778 bits per heavy atom. The summed E-state index contributed by atoms with van der Waals surface area (Å²) in [4.78, 5) is 2.38. The summed E-state index contributed by atoms with van der Waals surface area (Å²) in [6.45, 7) is 13.0. The molecule has 0 amide bonds. The zero-order valence-electron chi connectivity index (χ0n) is 24.1. The van der Waals surface area contributed by atoms with Crippen LogP contribution in [-0.2, 0) is 25.6 Å². The molecule has 36 heavy (non-hydrogen) atoms. The molecule has 7 heteroatoms. The van der Waals surface area contributed by atoms with Gasteiger partial charge in [-0.05, 0) is 50.2 Å². The molecule has 0 fully saturated rings. The monoisotopic (exact) mass is 529 g/mol. The van der Waals surface area contributed by atoms with E-state index < -0.39 is 10.1 Å². The van der Waals surface area contributed by atoms with Crippen LogP contribution in [0.3, 0.4) is 0 Å². The van der Waals surface area contributed by atoms with Crippen LogP contribution < -0.4 is 4.74 Å². The average Bonchev–Trinajstić information content (AvgIpc) is 2.87. The lowest BCUT2D eigenvalue weighted by atomic mass is 10.0. The molecule has 0 aliphatic carbocycles. The second-order valence-electron chi connectivity index (χ2n) is 9.33. The Bertz CT molecular complexity index is 699. The Labute approximate surface area is 223 Å². The van der Waals surface area contributed by atoms with E-state index in [1.807, 2.05) is 24.3 Å². The quantitative estimate of drug-likeness (QED) is 0.124. The lowest BCUT2D eigenvalue weighted by Gasteiger charge is -2.18. The van der Waals surface area contributed by atoms with E-state index in [1.54, 1.807) is 7.11 Å². The highest BCUT2D eigenvalue weighted by Crippen LogP contribution is 2.17. The van der Waals surface area contributed by atoms with E-state index in [9.17, 15) is 8.42 Å². The highest BCUT2D eigenvalue weighted by atomic mass is 32.2. The Morgan fingerprint density at radius 2 is 1.31 bits per heavy atom. The second-order valence-corrected chi connectivity index (χ2v) is 11.0. The largest absolute Gasteiger partial charge is 0.497 e. The lowest BCUT2D eigenvalue weighted by Crippen LogP contribution is -2.21. The standard InChI is InChI=1S/C23H40O5S.C6H15N/c1-4-5-6-7-8-9-10-11-12-13-23(18-19-28-29(3,24)25)27-20-21-14-16-22(26-2)17-15-21;1-4-7(5-2)6-3/h14-17,23H,4-13,18-20H2,1-3H3;4-6H2,1-3H3/t23-;/m1./s1. The lowest BCUT2D eigenvalue weighted by molar-refractivity contribution is 0.0201. The number of nitrogens with zero attached hydrogens (tertiary/aromatic N) is 1. The summed E-state index contributed by atoms with van der Waals surface area (Å²) in [6, 6.07) is 7.81. The van der Waals surface area contributed by atoms with Crippen molar-refractivity contribution in [1.82, 2.24) is 4.90 Å². The van der Waals surface area contributed by atoms with Gasteiger partial charge in [-0.2, -0.15) is 8.42 Å². The Hall–Kier alpha value is -1.15. The molecule has 212 valence electrons. The summed E-state index contributed by atoms with van der Waals surface area (Å²) < 4.78 is 38.6. The zero-order chi connectivity index (χ0) is 27.1. The van der Waals surface area contributed by atoms with Crippen LogP contribution in [0.15, 0.2) is 24.3 Å². The molecule has 0 saturated heterocycles. The maximum Gasteiger partial charge on any atom is 0.264 e. The van der Waals surface area contributed by atoms with Gasteiger partial charge in [-0.1, -0.05) is 97.6 Å². The van der Waals surface area contributed by atoms with Gasteiger partial charge in [-0.25, -0.2) is 0 Å². The number of benzene rings is 1. The summed E-state index contributed by atoms with van der Waals surface area (Å²) in [6.07, 6.45) is 14.1. The van der Waals surface area contributed by atoms with E-state index in [2.05, 4.69) is 32.6 Å². The van der Waals surface area contributed by atoms with Crippen LogP contribution in [0.25, 0.3) is 0 Å². The van der Waals surface area contributed by atoms with Gasteiger partial charge in [-0.3, -0.25) is 4.18 Å². The fourth-order valence-corrected chi connectivity index (χ4v) is 4.33. The average molecular weight is 530 g/mol. The highest BCUT2D eigenvalue weighted by Gasteiger charge is 2.12. The molecular weight excluding hydrogens is 474 g/mol. The van der Waals surface area contributed by atoms with Crippen molar-refractivity contribution in [3.8, 4) is 5.75 Å². The Kier molecular flexibility index (Phi) is 22.3. The van der Waals surface area contributed by atoms with E-state index >= 15 is 0 Å². The Balaban J connectivity index is 0.00000152. The first-order chi connectivity index (χ1) is 17.3. The molecule has 1 atom stereocenters. The minimum atomic E-state index is -3.41. The predicted molar refractivity (Wildman–Crippen MR) is 152 cm³/mol. The van der Waals surface area contributed by atoms with Crippen molar-refractivity contribution in [3.05, 3.63) is 29.8 Å². The van der Waals surface area contributed by atoms with Crippen LogP contribution in [-0.4, -0.2) is 59.0 Å². The molecule has 1 rings (SSSR count). The molecule has 0 heterocycles. The Morgan fingerprint density at radius 3 is 1.75 bits per heavy atom. The van der Waals surface area contributed by atoms with Crippen molar-refractivity contribution in [2.75, 3.05) is 39.6 Å². The minimum Gasteiger partial charge on any atom is -0.497 e. The number of ether oxygens (including phenoxy) is 2. The molecule has 1 aromatic carbocycles. The van der Waals surface area contributed by atoms with Crippen molar-refractivity contribution in [2.45, 2.75) is 111 Å². The molecule has 0 unspecified atom stereocenters. The van der Waals surface area contributed by atoms with Crippen LogP contribution in [0.4, 0.5) is 0 Å². The summed E-state index contributed by atoms with van der Waals surface area (Å²) >= 11 is 0. The van der Waals surface area contributed by atoms with Gasteiger partial charge < -0.3 is 14.4 Å². The van der Waals surface area contributed by atoms with E-state index in [0.717, 1.165) is 30.4 Å². The molecule has 0 N–H and O–H groups in total. The van der Waals surface area contributed by atoms with Gasteiger partial charge in [0.25, 0.3) is 10.1 Å². The third-order valence-corrected chi connectivity index (χ3v) is 6.95. The van der Waals surface area contributed by atoms with Gasteiger partial charge in [0, 0.05) is 0 Å². The number of rotatable bonds is 21. The molecule has 0 aliphatic heterocycles. The summed E-state index contributed by atoms with van der Waals surface area (Å²) in [7, 11) is -1.76. The first-order valence-corrected chi connectivity index (χ1v) is 15.9. The third kappa shape index (κ3) is 21.0. The maximum absolute atomic E-state index is 11.2. The van der Waals surface area contributed by atoms with Gasteiger partial charge in [0.15, 0.2) is 0 Å². The molecule has 0 aromatic heterocycles.